The van der Waals surface area contributed by atoms with Gasteiger partial charge in [-0.3, -0.25) is 9.59 Å². The predicted octanol–water partition coefficient (Wildman–Crippen LogP) is 2.30. The Morgan fingerprint density at radius 1 is 1.50 bits per heavy atom. The lowest BCUT2D eigenvalue weighted by Gasteiger charge is -2.12. The molecule has 0 radical (unpaired) electrons. The molecule has 1 aliphatic rings. The Bertz CT molecular complexity index is 247. The fourth-order valence-corrected chi connectivity index (χ4v) is 2.96. The summed E-state index contributed by atoms with van der Waals surface area (Å²) in [6.45, 7) is 4.15. The lowest BCUT2D eigenvalue weighted by molar-refractivity contribution is -0.153. The summed E-state index contributed by atoms with van der Waals surface area (Å²) in [6, 6.07) is 0.979. The van der Waals surface area contributed by atoms with E-state index in [1.165, 1.54) is 0 Å². The van der Waals surface area contributed by atoms with Gasteiger partial charge in [0.25, 0.3) is 0 Å². The van der Waals surface area contributed by atoms with E-state index in [2.05, 4.69) is 17.8 Å². The lowest BCUT2D eigenvalue weighted by Crippen LogP contribution is -2.16. The fraction of sp³-hybridized carbons (Fsp3) is 0.778. The second kappa shape index (κ2) is 4.44. The summed E-state index contributed by atoms with van der Waals surface area (Å²) in [5.41, 5.74) is 0. The Labute approximate surface area is 89.5 Å². The minimum absolute atomic E-state index is 0.212. The molecule has 1 unspecified atom stereocenters. The first-order valence-electron chi connectivity index (χ1n) is 4.82. The van der Waals surface area contributed by atoms with Gasteiger partial charge in [0.2, 0.25) is 0 Å². The maximum Gasteiger partial charge on any atom is 0.317 e. The molecule has 0 bridgehead atoms. The van der Waals surface area contributed by atoms with Crippen LogP contribution in [0.1, 0.15) is 19.3 Å². The van der Waals surface area contributed by atoms with E-state index in [1.807, 2.05) is 0 Å². The molecule has 0 amide bonds. The largest absolute Gasteiger partial charge is 0.393 e. The second-order valence-corrected chi connectivity index (χ2v) is 11.3. The van der Waals surface area contributed by atoms with E-state index in [0.29, 0.717) is 0 Å². The molecule has 0 aromatic carbocycles. The van der Waals surface area contributed by atoms with Crippen LogP contribution in [0.4, 0.5) is 0 Å². The van der Waals surface area contributed by atoms with Gasteiger partial charge in [-0.05, 0) is 12.5 Å². The Balaban J connectivity index is 2.26. The number of hydrogen-bond acceptors (Lipinski definition) is 3. The molecule has 0 aromatic heterocycles. The first-order chi connectivity index (χ1) is 6.38. The maximum absolute atomic E-state index is 11.1. The highest BCUT2D eigenvalue weighted by Gasteiger charge is 2.33. The van der Waals surface area contributed by atoms with Crippen molar-refractivity contribution >= 4 is 30.4 Å². The molecular formula is C9H15ClO3Si. The van der Waals surface area contributed by atoms with Crippen LogP contribution in [-0.4, -0.2) is 19.3 Å². The number of esters is 2. The van der Waals surface area contributed by atoms with E-state index < -0.39 is 7.38 Å². The van der Waals surface area contributed by atoms with Crippen LogP contribution in [0.25, 0.3) is 0 Å². The number of carbonyl (C=O) groups is 2. The van der Waals surface area contributed by atoms with E-state index in [9.17, 15) is 9.59 Å². The molecule has 0 spiro atoms. The maximum atomic E-state index is 11.1. The van der Waals surface area contributed by atoms with Crippen molar-refractivity contribution in [3.63, 3.8) is 0 Å². The monoisotopic (exact) mass is 234 g/mol. The van der Waals surface area contributed by atoms with E-state index in [1.54, 1.807) is 0 Å². The van der Waals surface area contributed by atoms with Crippen molar-refractivity contribution in [1.29, 1.82) is 0 Å². The highest BCUT2D eigenvalue weighted by Crippen LogP contribution is 2.25. The van der Waals surface area contributed by atoms with Crippen LogP contribution in [0.15, 0.2) is 0 Å². The smallest absolute Gasteiger partial charge is 0.317 e. The summed E-state index contributed by atoms with van der Waals surface area (Å²) < 4.78 is 4.46. The average Bonchev–Trinajstić information content (AvgIpc) is 2.27. The zero-order valence-electron chi connectivity index (χ0n) is 8.51. The third kappa shape index (κ3) is 3.80. The van der Waals surface area contributed by atoms with Gasteiger partial charge in [0.15, 0.2) is 0 Å². The molecule has 1 saturated heterocycles. The van der Waals surface area contributed by atoms with Gasteiger partial charge in [-0.2, -0.15) is 11.1 Å². The first kappa shape index (κ1) is 11.7. The third-order valence-electron chi connectivity index (χ3n) is 2.28. The molecule has 80 valence electrons. The molecule has 0 aromatic rings. The van der Waals surface area contributed by atoms with Gasteiger partial charge in [-0.15, -0.1) is 0 Å². The van der Waals surface area contributed by atoms with Gasteiger partial charge in [0, 0.05) is 0 Å². The Morgan fingerprint density at radius 3 is 2.57 bits per heavy atom. The quantitative estimate of drug-likeness (QED) is 0.325. The van der Waals surface area contributed by atoms with Crippen LogP contribution < -0.4 is 0 Å². The summed E-state index contributed by atoms with van der Waals surface area (Å²) >= 11 is 6.14. The Kier molecular flexibility index (Phi) is 3.72. The molecule has 1 fully saturated rings. The standard InChI is InChI=1S/C9H15ClO3Si/c1-14(2,10)5-3-4-7-6-8(11)13-9(7)12/h7H,3-6H2,1-2H3. The van der Waals surface area contributed by atoms with Gasteiger partial charge in [0.05, 0.1) is 12.3 Å². The molecule has 1 aliphatic heterocycles. The van der Waals surface area contributed by atoms with Gasteiger partial charge in [0.1, 0.15) is 7.38 Å². The van der Waals surface area contributed by atoms with Gasteiger partial charge >= 0.3 is 11.9 Å². The highest BCUT2D eigenvalue weighted by molar-refractivity contribution is 7.19. The zero-order valence-corrected chi connectivity index (χ0v) is 10.3. The fourth-order valence-electron chi connectivity index (χ4n) is 1.51. The van der Waals surface area contributed by atoms with Gasteiger partial charge in [-0.1, -0.05) is 19.5 Å². The van der Waals surface area contributed by atoms with E-state index in [-0.39, 0.29) is 24.3 Å². The first-order valence-corrected chi connectivity index (χ1v) is 9.04. The molecular weight excluding hydrogens is 220 g/mol. The summed E-state index contributed by atoms with van der Waals surface area (Å²) in [5.74, 6) is -0.957. The van der Waals surface area contributed by atoms with E-state index in [4.69, 9.17) is 11.1 Å². The minimum Gasteiger partial charge on any atom is -0.393 e. The number of halogens is 1. The molecule has 0 N–H and O–H groups in total. The van der Waals surface area contributed by atoms with Crippen molar-refractivity contribution in [3.05, 3.63) is 0 Å². The number of cyclic esters (lactones) is 2. The number of carbonyl (C=O) groups excluding carboxylic acids is 2. The second-order valence-electron chi connectivity index (χ2n) is 4.31. The SMILES string of the molecule is C[Si](C)(Cl)CCCC1CC(=O)OC1=O. The van der Waals surface area contributed by atoms with E-state index >= 15 is 0 Å². The molecule has 0 aliphatic carbocycles. The highest BCUT2D eigenvalue weighted by atomic mass is 35.6. The van der Waals surface area contributed by atoms with Crippen LogP contribution in [0.2, 0.25) is 19.1 Å². The van der Waals surface area contributed by atoms with Crippen molar-refractivity contribution < 1.29 is 14.3 Å². The molecule has 1 heterocycles. The van der Waals surface area contributed by atoms with Crippen LogP contribution in [0, 0.1) is 5.92 Å². The van der Waals surface area contributed by atoms with Crippen LogP contribution >= 0.6 is 11.1 Å². The molecule has 1 atom stereocenters. The van der Waals surface area contributed by atoms with Crippen LogP contribution in [0.3, 0.4) is 0 Å². The zero-order chi connectivity index (χ0) is 10.8. The van der Waals surface area contributed by atoms with Gasteiger partial charge in [-0.25, -0.2) is 0 Å². The molecule has 14 heavy (non-hydrogen) atoms. The summed E-state index contributed by atoms with van der Waals surface area (Å²) in [6.07, 6.45) is 1.90. The minimum atomic E-state index is -1.53. The van der Waals surface area contributed by atoms with Gasteiger partial charge < -0.3 is 4.74 Å². The van der Waals surface area contributed by atoms with Crippen molar-refractivity contribution in [3.8, 4) is 0 Å². The van der Waals surface area contributed by atoms with Crippen LogP contribution in [0.5, 0.6) is 0 Å². The number of rotatable bonds is 4. The topological polar surface area (TPSA) is 43.4 Å². The van der Waals surface area contributed by atoms with Crippen LogP contribution in [-0.2, 0) is 14.3 Å². The number of hydrogen-bond donors (Lipinski definition) is 0. The lowest BCUT2D eigenvalue weighted by atomic mass is 10.0. The van der Waals surface area contributed by atoms with Crippen molar-refractivity contribution in [1.82, 2.24) is 0 Å². The predicted molar refractivity (Wildman–Crippen MR) is 56.6 cm³/mol. The average molecular weight is 235 g/mol. The van der Waals surface area contributed by atoms with E-state index in [0.717, 1.165) is 18.9 Å². The Morgan fingerprint density at radius 2 is 2.14 bits per heavy atom. The Hall–Kier alpha value is -0.353. The molecule has 0 saturated carbocycles. The van der Waals surface area contributed by atoms with Crippen molar-refractivity contribution in [2.75, 3.05) is 0 Å². The van der Waals surface area contributed by atoms with Crippen molar-refractivity contribution in [2.24, 2.45) is 5.92 Å². The third-order valence-corrected chi connectivity index (χ3v) is 4.39. The summed E-state index contributed by atoms with van der Waals surface area (Å²) in [5, 5.41) is 0. The molecule has 5 heteroatoms. The molecule has 1 rings (SSSR count). The van der Waals surface area contributed by atoms with Crippen molar-refractivity contribution in [2.45, 2.75) is 38.4 Å². The summed E-state index contributed by atoms with van der Waals surface area (Å²) in [4.78, 5) is 21.8. The summed E-state index contributed by atoms with van der Waals surface area (Å²) in [7, 11) is -1.53. The number of ether oxygens (including phenoxy) is 1. The normalized spacial score (nSPS) is 22.6. The molecule has 3 nitrogen and oxygen atoms in total.